The van der Waals surface area contributed by atoms with Gasteiger partial charge in [-0.1, -0.05) is 18.8 Å². The normalized spacial score (nSPS) is 19.9. The van der Waals surface area contributed by atoms with Crippen LogP contribution in [0.4, 0.5) is 4.39 Å². The van der Waals surface area contributed by atoms with E-state index >= 15 is 0 Å². The molecule has 1 aliphatic rings. The zero-order valence-electron chi connectivity index (χ0n) is 18.6. The highest BCUT2D eigenvalue weighted by molar-refractivity contribution is 5.94. The Kier molecular flexibility index (Phi) is 7.50. The number of benzene rings is 1. The maximum Gasteiger partial charge on any atom is 0.255 e. The second-order valence-electron chi connectivity index (χ2n) is 7.78. The highest BCUT2D eigenvalue weighted by Crippen LogP contribution is 2.34. The summed E-state index contributed by atoms with van der Waals surface area (Å²) in [4.78, 5) is 16.1. The number of halogens is 1. The number of alkyl halides is 1. The Morgan fingerprint density at radius 1 is 1.28 bits per heavy atom. The SMILES string of the molecule is CC[C@@H]1[C@H](F)C(=O)N[C@@H]1COc1ncc(C#CCOC)c2cc(C#N)c(OC(C)C)cc12. The lowest BCUT2D eigenvalue weighted by Crippen LogP contribution is -2.34. The summed E-state index contributed by atoms with van der Waals surface area (Å²) in [6.07, 6.45) is 0.393. The van der Waals surface area contributed by atoms with Gasteiger partial charge in [-0.05, 0) is 32.4 Å². The first-order valence-electron chi connectivity index (χ1n) is 10.5. The van der Waals surface area contributed by atoms with Gasteiger partial charge in [0.2, 0.25) is 5.88 Å². The Balaban J connectivity index is 2.02. The van der Waals surface area contributed by atoms with Gasteiger partial charge < -0.3 is 19.5 Å². The van der Waals surface area contributed by atoms with Crippen molar-refractivity contribution >= 4 is 16.7 Å². The maximum absolute atomic E-state index is 14.1. The van der Waals surface area contributed by atoms with Crippen LogP contribution in [0, 0.1) is 29.1 Å². The average Bonchev–Trinajstić information content (AvgIpc) is 3.04. The van der Waals surface area contributed by atoms with E-state index in [1.54, 1.807) is 25.4 Å². The van der Waals surface area contributed by atoms with Crippen LogP contribution in [0.2, 0.25) is 0 Å². The zero-order chi connectivity index (χ0) is 23.3. The van der Waals surface area contributed by atoms with Crippen molar-refractivity contribution in [3.05, 3.63) is 29.5 Å². The summed E-state index contributed by atoms with van der Waals surface area (Å²) in [5.74, 6) is 5.52. The Bertz CT molecular complexity index is 1100. The van der Waals surface area contributed by atoms with Crippen LogP contribution in [0.3, 0.4) is 0 Å². The Hall–Kier alpha value is -3.36. The zero-order valence-corrected chi connectivity index (χ0v) is 18.6. The molecule has 0 unspecified atom stereocenters. The number of fused-ring (bicyclic) bond motifs is 1. The summed E-state index contributed by atoms with van der Waals surface area (Å²) >= 11 is 0. The number of aromatic nitrogens is 1. The molecular formula is C24H26FN3O4. The molecule has 0 radical (unpaired) electrons. The first kappa shape index (κ1) is 23.3. The van der Waals surface area contributed by atoms with Crippen molar-refractivity contribution < 1.29 is 23.4 Å². The summed E-state index contributed by atoms with van der Waals surface area (Å²) in [5, 5.41) is 13.6. The minimum absolute atomic E-state index is 0.0713. The topological polar surface area (TPSA) is 93.5 Å². The van der Waals surface area contributed by atoms with Crippen molar-refractivity contribution in [2.24, 2.45) is 5.92 Å². The molecule has 1 amide bonds. The molecule has 1 aromatic heterocycles. The van der Waals surface area contributed by atoms with E-state index in [-0.39, 0.29) is 19.3 Å². The Morgan fingerprint density at radius 3 is 2.72 bits per heavy atom. The van der Waals surface area contributed by atoms with Crippen molar-refractivity contribution in [2.45, 2.75) is 45.5 Å². The second kappa shape index (κ2) is 10.3. The number of nitrogens with one attached hydrogen (secondary N) is 1. The Labute approximate surface area is 186 Å². The lowest BCUT2D eigenvalue weighted by molar-refractivity contribution is -0.123. The number of rotatable bonds is 7. The molecule has 1 aliphatic heterocycles. The third kappa shape index (κ3) is 4.92. The third-order valence-corrected chi connectivity index (χ3v) is 5.22. The number of methoxy groups -OCH3 is 1. The van der Waals surface area contributed by atoms with Gasteiger partial charge in [0, 0.05) is 30.0 Å². The monoisotopic (exact) mass is 439 g/mol. The molecule has 168 valence electrons. The molecule has 0 saturated carbocycles. The number of nitrogens with zero attached hydrogens (tertiary/aromatic N) is 2. The van der Waals surface area contributed by atoms with Gasteiger partial charge in [-0.15, -0.1) is 0 Å². The molecule has 3 rings (SSSR count). The molecular weight excluding hydrogens is 413 g/mol. The molecule has 1 saturated heterocycles. The van der Waals surface area contributed by atoms with E-state index in [9.17, 15) is 14.4 Å². The van der Waals surface area contributed by atoms with Crippen molar-refractivity contribution in [3.8, 4) is 29.5 Å². The largest absolute Gasteiger partial charge is 0.490 e. The van der Waals surface area contributed by atoms with E-state index < -0.39 is 24.0 Å². The summed E-state index contributed by atoms with van der Waals surface area (Å²) in [5.41, 5.74) is 0.980. The summed E-state index contributed by atoms with van der Waals surface area (Å²) < 4.78 is 30.8. The number of pyridine rings is 1. The molecule has 7 nitrogen and oxygen atoms in total. The number of amides is 1. The molecule has 32 heavy (non-hydrogen) atoms. The van der Waals surface area contributed by atoms with Crippen molar-refractivity contribution in [3.63, 3.8) is 0 Å². The number of nitriles is 1. The van der Waals surface area contributed by atoms with E-state index in [1.165, 1.54) is 0 Å². The van der Waals surface area contributed by atoms with Gasteiger partial charge in [-0.3, -0.25) is 4.79 Å². The van der Waals surface area contributed by atoms with Gasteiger partial charge in [-0.2, -0.15) is 5.26 Å². The summed E-state index contributed by atoms with van der Waals surface area (Å²) in [7, 11) is 1.55. The van der Waals surface area contributed by atoms with Crippen LogP contribution in [-0.2, 0) is 9.53 Å². The van der Waals surface area contributed by atoms with Gasteiger partial charge in [-0.25, -0.2) is 9.37 Å². The van der Waals surface area contributed by atoms with Gasteiger partial charge in [0.25, 0.3) is 5.91 Å². The minimum Gasteiger partial charge on any atom is -0.490 e. The van der Waals surface area contributed by atoms with Crippen LogP contribution in [0.15, 0.2) is 18.3 Å². The molecule has 3 atom stereocenters. The first-order chi connectivity index (χ1) is 15.4. The highest BCUT2D eigenvalue weighted by Gasteiger charge is 2.41. The fraction of sp³-hybridized carbons (Fsp3) is 0.458. The van der Waals surface area contributed by atoms with Crippen molar-refractivity contribution in [1.82, 2.24) is 10.3 Å². The van der Waals surface area contributed by atoms with E-state index in [2.05, 4.69) is 28.2 Å². The van der Waals surface area contributed by atoms with E-state index in [0.717, 1.165) is 0 Å². The standard InChI is InChI=1S/C24H26FN3O4/c1-5-17-20(28-23(29)22(17)25)13-31-24-19-10-21(32-14(2)3)16(11-26)9-18(19)15(12-27-24)7-6-8-30-4/h9-10,12,14,17,20,22H,5,8,13H2,1-4H3,(H,28,29)/t17-,20+,22-/m0/s1. The third-order valence-electron chi connectivity index (χ3n) is 5.22. The molecule has 1 N–H and O–H groups in total. The van der Waals surface area contributed by atoms with Crippen LogP contribution < -0.4 is 14.8 Å². The van der Waals surface area contributed by atoms with Crippen LogP contribution in [0.25, 0.3) is 10.8 Å². The predicted octanol–water partition coefficient (Wildman–Crippen LogP) is 3.13. The number of carbonyl (C=O) groups is 1. The lowest BCUT2D eigenvalue weighted by Gasteiger charge is -2.19. The number of hydrogen-bond acceptors (Lipinski definition) is 6. The van der Waals surface area contributed by atoms with Crippen LogP contribution in [-0.4, -0.2) is 49.5 Å². The van der Waals surface area contributed by atoms with Gasteiger partial charge in [0.05, 0.1) is 23.3 Å². The van der Waals surface area contributed by atoms with Gasteiger partial charge in [0.1, 0.15) is 25.0 Å². The number of hydrogen-bond donors (Lipinski definition) is 1. The summed E-state index contributed by atoms with van der Waals surface area (Å²) in [6.45, 7) is 5.90. The van der Waals surface area contributed by atoms with Crippen molar-refractivity contribution in [1.29, 1.82) is 5.26 Å². The molecule has 2 aromatic rings. The van der Waals surface area contributed by atoms with Gasteiger partial charge in [0.15, 0.2) is 6.17 Å². The second-order valence-corrected chi connectivity index (χ2v) is 7.78. The minimum atomic E-state index is -1.54. The molecule has 1 aromatic carbocycles. The lowest BCUT2D eigenvalue weighted by atomic mass is 9.97. The van der Waals surface area contributed by atoms with Crippen LogP contribution in [0.5, 0.6) is 11.6 Å². The Morgan fingerprint density at radius 2 is 2.06 bits per heavy atom. The van der Waals surface area contributed by atoms with E-state index in [0.29, 0.717) is 39.9 Å². The molecule has 0 bridgehead atoms. The van der Waals surface area contributed by atoms with Crippen LogP contribution in [0.1, 0.15) is 38.3 Å². The fourth-order valence-corrected chi connectivity index (χ4v) is 3.69. The number of carbonyl (C=O) groups excluding carboxylic acids is 1. The molecule has 2 heterocycles. The van der Waals surface area contributed by atoms with Gasteiger partial charge >= 0.3 is 0 Å². The van der Waals surface area contributed by atoms with Crippen molar-refractivity contribution in [2.75, 3.05) is 20.3 Å². The summed E-state index contributed by atoms with van der Waals surface area (Å²) in [6, 6.07) is 5.11. The number of ether oxygens (including phenoxy) is 3. The molecule has 8 heteroatoms. The fourth-order valence-electron chi connectivity index (χ4n) is 3.69. The molecule has 1 fully saturated rings. The predicted molar refractivity (Wildman–Crippen MR) is 117 cm³/mol. The maximum atomic E-state index is 14.1. The first-order valence-corrected chi connectivity index (χ1v) is 10.5. The quantitative estimate of drug-likeness (QED) is 0.667. The molecule has 0 aliphatic carbocycles. The van der Waals surface area contributed by atoms with E-state index in [4.69, 9.17) is 14.2 Å². The molecule has 0 spiro atoms. The van der Waals surface area contributed by atoms with Crippen LogP contribution >= 0.6 is 0 Å². The smallest absolute Gasteiger partial charge is 0.255 e. The highest BCUT2D eigenvalue weighted by atomic mass is 19.1. The van der Waals surface area contributed by atoms with E-state index in [1.807, 2.05) is 20.8 Å². The average molecular weight is 439 g/mol.